The molecule has 1 aliphatic heterocycles. The molecule has 1 aromatic rings. The third kappa shape index (κ3) is 3.83. The number of hydrogen-bond donors (Lipinski definition) is 1. The highest BCUT2D eigenvalue weighted by molar-refractivity contribution is 5.93. The maximum atomic E-state index is 12.6. The van der Waals surface area contributed by atoms with Crippen LogP contribution >= 0.6 is 0 Å². The highest BCUT2D eigenvalue weighted by atomic mass is 16.2. The van der Waals surface area contributed by atoms with Gasteiger partial charge >= 0.3 is 0 Å². The second kappa shape index (κ2) is 6.75. The van der Waals surface area contributed by atoms with Crippen molar-refractivity contribution in [3.63, 3.8) is 0 Å². The zero-order valence-electron chi connectivity index (χ0n) is 15.1. The topological polar surface area (TPSA) is 66.5 Å². The average Bonchev–Trinajstić information content (AvgIpc) is 2.80. The maximum absolute atomic E-state index is 12.6. The van der Waals surface area contributed by atoms with E-state index < -0.39 is 11.3 Å². The third-order valence-corrected chi connectivity index (χ3v) is 4.60. The van der Waals surface area contributed by atoms with Crippen LogP contribution in [0.25, 0.3) is 0 Å². The Morgan fingerprint density at radius 1 is 1.21 bits per heavy atom. The molecule has 1 saturated heterocycles. The first kappa shape index (κ1) is 18.2. The molecule has 0 aliphatic carbocycles. The van der Waals surface area contributed by atoms with Gasteiger partial charge < -0.3 is 10.2 Å². The number of ketones is 1. The van der Waals surface area contributed by atoms with Gasteiger partial charge in [-0.15, -0.1) is 0 Å². The van der Waals surface area contributed by atoms with Crippen molar-refractivity contribution in [3.8, 4) is 0 Å². The number of likely N-dealkylation sites (tertiary alicyclic amines) is 1. The zero-order valence-corrected chi connectivity index (χ0v) is 15.1. The van der Waals surface area contributed by atoms with E-state index in [1.165, 1.54) is 0 Å². The van der Waals surface area contributed by atoms with Crippen LogP contribution in [0.3, 0.4) is 0 Å². The first-order valence-corrected chi connectivity index (χ1v) is 8.24. The molecule has 0 bridgehead atoms. The Hall–Kier alpha value is -2.17. The normalized spacial score (nSPS) is 21.0. The van der Waals surface area contributed by atoms with E-state index in [1.807, 2.05) is 52.0 Å². The molecular weight excluding hydrogens is 304 g/mol. The van der Waals surface area contributed by atoms with Gasteiger partial charge in [0.05, 0.1) is 18.5 Å². The molecule has 24 heavy (non-hydrogen) atoms. The smallest absolute Gasteiger partial charge is 0.226 e. The van der Waals surface area contributed by atoms with Crippen molar-refractivity contribution in [2.45, 2.75) is 40.2 Å². The van der Waals surface area contributed by atoms with E-state index in [9.17, 15) is 14.4 Å². The van der Waals surface area contributed by atoms with Crippen LogP contribution in [0.5, 0.6) is 0 Å². The lowest BCUT2D eigenvalue weighted by Gasteiger charge is -2.25. The highest BCUT2D eigenvalue weighted by Crippen LogP contribution is 2.37. The second-order valence-corrected chi connectivity index (χ2v) is 7.56. The molecule has 2 rings (SSSR count). The Balaban J connectivity index is 2.14. The molecule has 1 heterocycles. The van der Waals surface area contributed by atoms with E-state index in [-0.39, 0.29) is 36.6 Å². The summed E-state index contributed by atoms with van der Waals surface area (Å²) in [6.07, 6.45) is 0.171. The van der Waals surface area contributed by atoms with Gasteiger partial charge in [0.2, 0.25) is 11.8 Å². The second-order valence-electron chi connectivity index (χ2n) is 7.56. The lowest BCUT2D eigenvalue weighted by molar-refractivity contribution is -0.131. The molecule has 2 atom stereocenters. The van der Waals surface area contributed by atoms with Crippen LogP contribution in [-0.2, 0) is 14.4 Å². The maximum Gasteiger partial charge on any atom is 0.226 e. The van der Waals surface area contributed by atoms with Gasteiger partial charge in [0.25, 0.3) is 0 Å². The summed E-state index contributed by atoms with van der Waals surface area (Å²) in [6, 6.07) is 7.57. The molecule has 1 N–H and O–H groups in total. The summed E-state index contributed by atoms with van der Waals surface area (Å²) in [6.45, 7) is 7.46. The number of nitrogens with zero attached hydrogens (tertiary/aromatic N) is 1. The molecule has 2 amide bonds. The fourth-order valence-electron chi connectivity index (χ4n) is 2.89. The van der Waals surface area contributed by atoms with Gasteiger partial charge in [-0.25, -0.2) is 0 Å². The Morgan fingerprint density at radius 2 is 1.79 bits per heavy atom. The minimum absolute atomic E-state index is 0.00262. The molecular formula is C19H26N2O3. The quantitative estimate of drug-likeness (QED) is 0.921. The van der Waals surface area contributed by atoms with Crippen LogP contribution < -0.4 is 5.32 Å². The Kier molecular flexibility index (Phi) is 5.11. The summed E-state index contributed by atoms with van der Waals surface area (Å²) in [5.41, 5.74) is 1.57. The van der Waals surface area contributed by atoms with Gasteiger partial charge in [0.1, 0.15) is 0 Å². The standard InChI is InChI=1S/C19H26N2O3/c1-12-6-8-13(9-7-12)17-14(10-16(23)21(17)5)18(24)20-11-15(22)19(2,3)4/h6-9,14,17H,10-11H2,1-5H3,(H,20,24). The van der Waals surface area contributed by atoms with E-state index >= 15 is 0 Å². The van der Waals surface area contributed by atoms with Crippen LogP contribution in [0, 0.1) is 18.3 Å². The van der Waals surface area contributed by atoms with Crippen molar-refractivity contribution in [3.05, 3.63) is 35.4 Å². The third-order valence-electron chi connectivity index (χ3n) is 4.60. The van der Waals surface area contributed by atoms with Crippen molar-refractivity contribution < 1.29 is 14.4 Å². The minimum atomic E-state index is -0.494. The molecule has 0 saturated carbocycles. The number of nitrogens with one attached hydrogen (secondary N) is 1. The molecule has 5 nitrogen and oxygen atoms in total. The Bertz CT molecular complexity index is 644. The van der Waals surface area contributed by atoms with E-state index in [2.05, 4.69) is 5.32 Å². The van der Waals surface area contributed by atoms with E-state index in [0.717, 1.165) is 11.1 Å². The molecule has 1 aromatic carbocycles. The van der Waals surface area contributed by atoms with Crippen LogP contribution in [0.4, 0.5) is 0 Å². The molecule has 0 aromatic heterocycles. The summed E-state index contributed by atoms with van der Waals surface area (Å²) in [7, 11) is 1.72. The fourth-order valence-corrected chi connectivity index (χ4v) is 2.89. The first-order valence-electron chi connectivity index (χ1n) is 8.24. The van der Waals surface area contributed by atoms with Crippen LogP contribution in [-0.4, -0.2) is 36.1 Å². The summed E-state index contributed by atoms with van der Waals surface area (Å²) in [4.78, 5) is 38.3. The molecule has 2 unspecified atom stereocenters. The SMILES string of the molecule is Cc1ccc(C2C(C(=O)NCC(=O)C(C)(C)C)CC(=O)N2C)cc1. The molecule has 1 aliphatic rings. The number of Topliss-reactive ketones (excluding diaryl/α,β-unsaturated/α-hetero) is 1. The Labute approximate surface area is 143 Å². The molecule has 5 heteroatoms. The molecule has 0 radical (unpaired) electrons. The predicted octanol–water partition coefficient (Wildman–Crippen LogP) is 2.25. The van der Waals surface area contributed by atoms with Crippen LogP contribution in [0.15, 0.2) is 24.3 Å². The van der Waals surface area contributed by atoms with E-state index in [1.54, 1.807) is 11.9 Å². The van der Waals surface area contributed by atoms with Crippen LogP contribution in [0.1, 0.15) is 44.4 Å². The summed E-state index contributed by atoms with van der Waals surface area (Å²) >= 11 is 0. The van der Waals surface area contributed by atoms with Gasteiger partial charge in [-0.05, 0) is 12.5 Å². The molecule has 0 spiro atoms. The van der Waals surface area contributed by atoms with Crippen LogP contribution in [0.2, 0.25) is 0 Å². The van der Waals surface area contributed by atoms with Gasteiger partial charge in [-0.3, -0.25) is 14.4 Å². The summed E-state index contributed by atoms with van der Waals surface area (Å²) in [5, 5.41) is 2.72. The van der Waals surface area contributed by atoms with Gasteiger partial charge in [0.15, 0.2) is 5.78 Å². The number of amides is 2. The van der Waals surface area contributed by atoms with Gasteiger partial charge in [0, 0.05) is 18.9 Å². The summed E-state index contributed by atoms with van der Waals surface area (Å²) < 4.78 is 0. The molecule has 1 fully saturated rings. The monoisotopic (exact) mass is 330 g/mol. The number of hydrogen-bond acceptors (Lipinski definition) is 3. The summed E-state index contributed by atoms with van der Waals surface area (Å²) in [5.74, 6) is -0.794. The highest BCUT2D eigenvalue weighted by Gasteiger charge is 2.42. The Morgan fingerprint density at radius 3 is 2.33 bits per heavy atom. The van der Waals surface area contributed by atoms with E-state index in [0.29, 0.717) is 0 Å². The van der Waals surface area contributed by atoms with Crippen molar-refractivity contribution in [2.24, 2.45) is 11.3 Å². The van der Waals surface area contributed by atoms with Crippen molar-refractivity contribution in [1.82, 2.24) is 10.2 Å². The largest absolute Gasteiger partial charge is 0.349 e. The number of carbonyl (C=O) groups excluding carboxylic acids is 3. The molecule has 130 valence electrons. The van der Waals surface area contributed by atoms with Gasteiger partial charge in [-0.2, -0.15) is 0 Å². The van der Waals surface area contributed by atoms with Crippen molar-refractivity contribution >= 4 is 17.6 Å². The van der Waals surface area contributed by atoms with Gasteiger partial charge in [-0.1, -0.05) is 50.6 Å². The van der Waals surface area contributed by atoms with Crippen molar-refractivity contribution in [1.29, 1.82) is 0 Å². The lowest BCUT2D eigenvalue weighted by atomic mass is 9.90. The fraction of sp³-hybridized carbons (Fsp3) is 0.526. The zero-order chi connectivity index (χ0) is 18.1. The number of benzene rings is 1. The predicted molar refractivity (Wildman–Crippen MR) is 92.3 cm³/mol. The lowest BCUT2D eigenvalue weighted by Crippen LogP contribution is -2.40. The van der Waals surface area contributed by atoms with Crippen molar-refractivity contribution in [2.75, 3.05) is 13.6 Å². The van der Waals surface area contributed by atoms with E-state index in [4.69, 9.17) is 0 Å². The number of carbonyl (C=O) groups is 3. The number of rotatable bonds is 4. The number of aryl methyl sites for hydroxylation is 1. The first-order chi connectivity index (χ1) is 11.1. The average molecular weight is 330 g/mol. The minimum Gasteiger partial charge on any atom is -0.349 e.